The smallest absolute Gasteiger partial charge is 0.246 e. The van der Waals surface area contributed by atoms with Gasteiger partial charge in [0, 0.05) is 36.6 Å². The molecule has 5 amide bonds. The molecule has 0 saturated carbocycles. The number of nitrogens with one attached hydrogen (secondary N) is 3. The number of nitrogens with zero attached hydrogens (tertiary/aromatic N) is 2. The standard InChI is InChI=1S/C35H45N7O5S/c1-48-18-15-27(31(37)43)39-32(44)28(20-23-21-38-26-12-6-5-11-24(23)26)40-33(45)29-13-7-16-41(29)35(47)30-14-8-17-42(30)34(46)25(36)19-22-9-3-2-4-10-22/h2-6,9-12,21,25,27-30,38H,7-8,13-20,36H2,1H3,(H2,37,43)(H,39,44)(H,40,45)/t25-,27-,28-,29-,30-/m0/s1. The van der Waals surface area contributed by atoms with Gasteiger partial charge in [-0.3, -0.25) is 24.0 Å². The second-order valence-electron chi connectivity index (χ2n) is 12.5. The van der Waals surface area contributed by atoms with Crippen LogP contribution < -0.4 is 22.1 Å². The van der Waals surface area contributed by atoms with Gasteiger partial charge in [0.05, 0.1) is 6.04 Å². The average molecular weight is 676 g/mol. The number of amides is 5. The number of aromatic amines is 1. The van der Waals surface area contributed by atoms with E-state index in [0.29, 0.717) is 57.4 Å². The van der Waals surface area contributed by atoms with Crippen LogP contribution in [0.25, 0.3) is 10.9 Å². The number of primary amides is 1. The molecule has 12 nitrogen and oxygen atoms in total. The summed E-state index contributed by atoms with van der Waals surface area (Å²) in [6.07, 6.45) is 6.75. The lowest BCUT2D eigenvalue weighted by Crippen LogP contribution is -2.58. The van der Waals surface area contributed by atoms with E-state index in [1.165, 1.54) is 11.8 Å². The number of nitrogens with two attached hydrogens (primary N) is 2. The van der Waals surface area contributed by atoms with E-state index >= 15 is 0 Å². The number of carbonyl (C=O) groups is 5. The molecule has 1 aromatic heterocycles. The van der Waals surface area contributed by atoms with Crippen molar-refractivity contribution in [3.8, 4) is 0 Å². The first kappa shape index (κ1) is 35.0. The Balaban J connectivity index is 1.30. The molecule has 48 heavy (non-hydrogen) atoms. The van der Waals surface area contributed by atoms with Gasteiger partial charge in [0.15, 0.2) is 0 Å². The monoisotopic (exact) mass is 675 g/mol. The van der Waals surface area contributed by atoms with Gasteiger partial charge in [0.2, 0.25) is 29.5 Å². The van der Waals surface area contributed by atoms with Crippen LogP contribution in [0.3, 0.4) is 0 Å². The fraction of sp³-hybridized carbons (Fsp3) is 0.457. The Hall–Kier alpha value is -4.36. The Labute approximate surface area is 284 Å². The van der Waals surface area contributed by atoms with E-state index in [1.807, 2.05) is 60.9 Å². The lowest BCUT2D eigenvalue weighted by Gasteiger charge is -2.32. The molecule has 7 N–H and O–H groups in total. The Morgan fingerprint density at radius 2 is 1.58 bits per heavy atom. The van der Waals surface area contributed by atoms with Gasteiger partial charge in [0.25, 0.3) is 0 Å². The van der Waals surface area contributed by atoms with E-state index in [0.717, 1.165) is 22.0 Å². The van der Waals surface area contributed by atoms with Crippen LogP contribution in [0.4, 0.5) is 0 Å². The summed E-state index contributed by atoms with van der Waals surface area (Å²) in [4.78, 5) is 73.5. The van der Waals surface area contributed by atoms with Gasteiger partial charge in [-0.15, -0.1) is 0 Å². The fourth-order valence-corrected chi connectivity index (χ4v) is 7.21. The molecule has 0 bridgehead atoms. The number of thioether (sulfide) groups is 1. The molecule has 2 aliphatic heterocycles. The molecule has 0 radical (unpaired) electrons. The molecule has 2 aromatic carbocycles. The maximum Gasteiger partial charge on any atom is 0.246 e. The average Bonchev–Trinajstić information content (AvgIpc) is 3.86. The van der Waals surface area contributed by atoms with Crippen molar-refractivity contribution < 1.29 is 24.0 Å². The highest BCUT2D eigenvalue weighted by molar-refractivity contribution is 7.98. The second-order valence-corrected chi connectivity index (χ2v) is 13.5. The third kappa shape index (κ3) is 8.19. The molecule has 2 aliphatic rings. The molecular formula is C35H45N7O5S. The van der Waals surface area contributed by atoms with Crippen LogP contribution in [0.15, 0.2) is 60.8 Å². The highest BCUT2D eigenvalue weighted by Crippen LogP contribution is 2.26. The van der Waals surface area contributed by atoms with Crippen LogP contribution in [0, 0.1) is 0 Å². The van der Waals surface area contributed by atoms with Crippen LogP contribution in [0.2, 0.25) is 0 Å². The Morgan fingerprint density at radius 3 is 2.31 bits per heavy atom. The van der Waals surface area contributed by atoms with E-state index < -0.39 is 47.9 Å². The number of aromatic nitrogens is 1. The van der Waals surface area contributed by atoms with E-state index in [1.54, 1.807) is 16.0 Å². The number of para-hydroxylation sites is 1. The quantitative estimate of drug-likeness (QED) is 0.171. The van der Waals surface area contributed by atoms with E-state index in [2.05, 4.69) is 15.6 Å². The minimum atomic E-state index is -1.04. The predicted molar refractivity (Wildman–Crippen MR) is 186 cm³/mol. The number of hydrogen-bond donors (Lipinski definition) is 5. The first-order chi connectivity index (χ1) is 23.2. The fourth-order valence-electron chi connectivity index (χ4n) is 6.74. The highest BCUT2D eigenvalue weighted by Gasteiger charge is 2.43. The maximum absolute atomic E-state index is 14.0. The van der Waals surface area contributed by atoms with Gasteiger partial charge in [0.1, 0.15) is 24.2 Å². The third-order valence-electron chi connectivity index (χ3n) is 9.28. The zero-order valence-corrected chi connectivity index (χ0v) is 28.0. The molecule has 0 unspecified atom stereocenters. The molecule has 2 saturated heterocycles. The molecular weight excluding hydrogens is 630 g/mol. The summed E-state index contributed by atoms with van der Waals surface area (Å²) in [6.45, 7) is 0.788. The molecule has 3 heterocycles. The molecule has 2 fully saturated rings. The summed E-state index contributed by atoms with van der Waals surface area (Å²) in [7, 11) is 0. The summed E-state index contributed by atoms with van der Waals surface area (Å²) < 4.78 is 0. The second kappa shape index (κ2) is 16.2. The Morgan fingerprint density at radius 1 is 0.896 bits per heavy atom. The maximum atomic E-state index is 14.0. The van der Waals surface area contributed by atoms with Gasteiger partial charge in [-0.1, -0.05) is 48.5 Å². The number of H-pyrrole nitrogens is 1. The number of rotatable bonds is 14. The van der Waals surface area contributed by atoms with Gasteiger partial charge in [-0.2, -0.15) is 11.8 Å². The van der Waals surface area contributed by atoms with Gasteiger partial charge < -0.3 is 36.9 Å². The van der Waals surface area contributed by atoms with E-state index in [9.17, 15) is 24.0 Å². The molecule has 256 valence electrons. The Kier molecular flexibility index (Phi) is 11.8. The first-order valence-corrected chi connectivity index (χ1v) is 17.9. The molecule has 0 aliphatic carbocycles. The summed E-state index contributed by atoms with van der Waals surface area (Å²) in [5.41, 5.74) is 14.6. The van der Waals surface area contributed by atoms with Crippen molar-refractivity contribution in [1.82, 2.24) is 25.4 Å². The van der Waals surface area contributed by atoms with Gasteiger partial charge >= 0.3 is 0 Å². The van der Waals surface area contributed by atoms with Crippen molar-refractivity contribution in [1.29, 1.82) is 0 Å². The van der Waals surface area contributed by atoms with Crippen molar-refractivity contribution in [3.63, 3.8) is 0 Å². The number of likely N-dealkylation sites (tertiary alicyclic amines) is 2. The van der Waals surface area contributed by atoms with Crippen LogP contribution in [0.5, 0.6) is 0 Å². The van der Waals surface area contributed by atoms with E-state index in [4.69, 9.17) is 11.5 Å². The normalized spacial score (nSPS) is 19.5. The predicted octanol–water partition coefficient (Wildman–Crippen LogP) is 1.47. The summed E-state index contributed by atoms with van der Waals surface area (Å²) >= 11 is 1.53. The van der Waals surface area contributed by atoms with Gasteiger partial charge in [-0.25, -0.2) is 0 Å². The van der Waals surface area contributed by atoms with Crippen LogP contribution >= 0.6 is 11.8 Å². The third-order valence-corrected chi connectivity index (χ3v) is 9.92. The molecule has 5 atom stereocenters. The van der Waals surface area contributed by atoms with Crippen LogP contribution in [0.1, 0.15) is 43.2 Å². The van der Waals surface area contributed by atoms with Crippen LogP contribution in [-0.4, -0.2) is 99.6 Å². The summed E-state index contributed by atoms with van der Waals surface area (Å²) in [5, 5.41) is 6.55. The topological polar surface area (TPSA) is 184 Å². The first-order valence-electron chi connectivity index (χ1n) is 16.5. The summed E-state index contributed by atoms with van der Waals surface area (Å²) in [6, 6.07) is 12.9. The minimum absolute atomic E-state index is 0.153. The van der Waals surface area contributed by atoms with Crippen molar-refractivity contribution in [2.24, 2.45) is 11.5 Å². The lowest BCUT2D eigenvalue weighted by molar-refractivity contribution is -0.147. The largest absolute Gasteiger partial charge is 0.368 e. The zero-order chi connectivity index (χ0) is 34.2. The van der Waals surface area contributed by atoms with Crippen molar-refractivity contribution in [2.45, 2.75) is 75.2 Å². The SMILES string of the molecule is CSCC[C@H](NC(=O)[C@H](Cc1c[nH]c2ccccc12)NC(=O)[C@@H]1CCCN1C(=O)[C@@H]1CCCN1C(=O)[C@@H](N)Cc1ccccc1)C(N)=O. The number of carbonyl (C=O) groups excluding carboxylic acids is 5. The molecule has 13 heteroatoms. The lowest BCUT2D eigenvalue weighted by atomic mass is 10.0. The molecule has 3 aromatic rings. The number of benzene rings is 2. The van der Waals surface area contributed by atoms with E-state index in [-0.39, 0.29) is 18.2 Å². The zero-order valence-electron chi connectivity index (χ0n) is 27.2. The Bertz CT molecular complexity index is 1610. The number of hydrogen-bond acceptors (Lipinski definition) is 7. The minimum Gasteiger partial charge on any atom is -0.368 e. The van der Waals surface area contributed by atoms with Crippen molar-refractivity contribution >= 4 is 52.2 Å². The molecule has 0 spiro atoms. The van der Waals surface area contributed by atoms with Crippen LogP contribution in [-0.2, 0) is 36.8 Å². The molecule has 5 rings (SSSR count). The van der Waals surface area contributed by atoms with Crippen molar-refractivity contribution in [3.05, 3.63) is 71.9 Å². The van der Waals surface area contributed by atoms with Gasteiger partial charge in [-0.05, 0) is 67.7 Å². The summed E-state index contributed by atoms with van der Waals surface area (Å²) in [5.74, 6) is -1.60. The highest BCUT2D eigenvalue weighted by atomic mass is 32.2. The number of fused-ring (bicyclic) bond motifs is 1. The van der Waals surface area contributed by atoms with Crippen molar-refractivity contribution in [2.75, 3.05) is 25.1 Å².